The lowest BCUT2D eigenvalue weighted by atomic mass is 9.78. The van der Waals surface area contributed by atoms with E-state index in [-0.39, 0.29) is 11.6 Å². The number of ether oxygens (including phenoxy) is 1. The van der Waals surface area contributed by atoms with Crippen molar-refractivity contribution in [1.29, 1.82) is 0 Å². The number of hydrogen-bond donors (Lipinski definition) is 0. The minimum absolute atomic E-state index is 0.153. The molecule has 0 atom stereocenters. The van der Waals surface area contributed by atoms with Crippen LogP contribution in [0.25, 0.3) is 21.9 Å². The SMILES string of the molecule is C=C[C@H]1CC[C@H](c2ccc3c(F)c(-c4ccc(OC)c(F)c4)ccc3c2)CC1. The number of rotatable bonds is 4. The molecule has 0 saturated heterocycles. The van der Waals surface area contributed by atoms with Crippen LogP contribution >= 0.6 is 0 Å². The fourth-order valence-corrected chi connectivity index (χ4v) is 4.31. The Morgan fingerprint density at radius 1 is 0.964 bits per heavy atom. The Labute approximate surface area is 164 Å². The molecule has 0 amide bonds. The lowest BCUT2D eigenvalue weighted by Gasteiger charge is -2.27. The smallest absolute Gasteiger partial charge is 0.165 e. The maximum absolute atomic E-state index is 15.2. The van der Waals surface area contributed by atoms with Gasteiger partial charge in [0.25, 0.3) is 0 Å². The molecule has 3 heteroatoms. The van der Waals surface area contributed by atoms with Crippen LogP contribution in [0, 0.1) is 17.6 Å². The van der Waals surface area contributed by atoms with Gasteiger partial charge in [-0.05, 0) is 66.2 Å². The van der Waals surface area contributed by atoms with Gasteiger partial charge in [0.1, 0.15) is 5.82 Å². The number of methoxy groups -OCH3 is 1. The van der Waals surface area contributed by atoms with Gasteiger partial charge in [-0.15, -0.1) is 6.58 Å². The number of hydrogen-bond acceptors (Lipinski definition) is 1. The van der Waals surface area contributed by atoms with Crippen LogP contribution in [0.2, 0.25) is 0 Å². The molecule has 0 heterocycles. The Balaban J connectivity index is 1.67. The molecule has 0 bridgehead atoms. The monoisotopic (exact) mass is 378 g/mol. The first-order valence-electron chi connectivity index (χ1n) is 9.79. The van der Waals surface area contributed by atoms with Gasteiger partial charge in [0, 0.05) is 10.9 Å². The van der Waals surface area contributed by atoms with Crippen LogP contribution in [0.4, 0.5) is 8.78 Å². The number of halogens is 2. The predicted molar refractivity (Wildman–Crippen MR) is 111 cm³/mol. The summed E-state index contributed by atoms with van der Waals surface area (Å²) in [6.45, 7) is 3.91. The molecule has 0 aliphatic heterocycles. The highest BCUT2D eigenvalue weighted by Crippen LogP contribution is 2.38. The van der Waals surface area contributed by atoms with E-state index in [4.69, 9.17) is 4.74 Å². The Morgan fingerprint density at radius 3 is 2.43 bits per heavy atom. The minimum Gasteiger partial charge on any atom is -0.494 e. The molecule has 1 aliphatic rings. The predicted octanol–water partition coefficient (Wildman–Crippen LogP) is 7.25. The van der Waals surface area contributed by atoms with Crippen molar-refractivity contribution in [2.24, 2.45) is 5.92 Å². The summed E-state index contributed by atoms with van der Waals surface area (Å²) in [5.74, 6) is 0.496. The molecule has 4 rings (SSSR count). The van der Waals surface area contributed by atoms with E-state index in [1.165, 1.54) is 37.6 Å². The Bertz CT molecular complexity index is 1020. The van der Waals surface area contributed by atoms with Gasteiger partial charge in [-0.3, -0.25) is 0 Å². The summed E-state index contributed by atoms with van der Waals surface area (Å²) in [7, 11) is 1.41. The molecule has 0 unspecified atom stereocenters. The first-order chi connectivity index (χ1) is 13.6. The fourth-order valence-electron chi connectivity index (χ4n) is 4.31. The maximum Gasteiger partial charge on any atom is 0.165 e. The zero-order valence-electron chi connectivity index (χ0n) is 16.1. The summed E-state index contributed by atoms with van der Waals surface area (Å²) in [5.41, 5.74) is 2.18. The minimum atomic E-state index is -0.495. The summed E-state index contributed by atoms with van der Waals surface area (Å²) in [6, 6.07) is 14.2. The second-order valence-electron chi connectivity index (χ2n) is 7.60. The van der Waals surface area contributed by atoms with Crippen molar-refractivity contribution in [3.8, 4) is 16.9 Å². The third-order valence-electron chi connectivity index (χ3n) is 6.02. The van der Waals surface area contributed by atoms with E-state index in [1.54, 1.807) is 12.1 Å². The molecule has 1 saturated carbocycles. The average molecular weight is 378 g/mol. The first kappa shape index (κ1) is 18.7. The normalized spacial score (nSPS) is 19.5. The largest absolute Gasteiger partial charge is 0.494 e. The Hall–Kier alpha value is -2.68. The van der Waals surface area contributed by atoms with E-state index in [9.17, 15) is 4.39 Å². The topological polar surface area (TPSA) is 9.23 Å². The summed E-state index contributed by atoms with van der Waals surface area (Å²) >= 11 is 0. The van der Waals surface area contributed by atoms with E-state index < -0.39 is 5.82 Å². The highest BCUT2D eigenvalue weighted by Gasteiger charge is 2.21. The molecule has 0 N–H and O–H groups in total. The molecule has 1 fully saturated rings. The molecule has 3 aromatic rings. The summed E-state index contributed by atoms with van der Waals surface area (Å²) < 4.78 is 34.2. The van der Waals surface area contributed by atoms with Crippen molar-refractivity contribution in [2.75, 3.05) is 7.11 Å². The maximum atomic E-state index is 15.2. The number of allylic oxidation sites excluding steroid dienone is 1. The van der Waals surface area contributed by atoms with Crippen molar-refractivity contribution in [1.82, 2.24) is 0 Å². The quantitative estimate of drug-likeness (QED) is 0.434. The number of fused-ring (bicyclic) bond motifs is 1. The molecule has 0 radical (unpaired) electrons. The van der Waals surface area contributed by atoms with Crippen LogP contribution in [-0.2, 0) is 0 Å². The second-order valence-corrected chi connectivity index (χ2v) is 7.60. The Morgan fingerprint density at radius 2 is 1.75 bits per heavy atom. The third-order valence-corrected chi connectivity index (χ3v) is 6.02. The zero-order chi connectivity index (χ0) is 19.7. The standard InChI is InChI=1S/C25H24F2O/c1-3-16-4-6-17(7-5-16)18-8-11-21-19(14-18)9-12-22(25(21)27)20-10-13-24(28-2)23(26)15-20/h3,8-17H,1,4-7H2,2H3/t16-,17-. The third kappa shape index (κ3) is 3.42. The molecule has 144 valence electrons. The van der Waals surface area contributed by atoms with Gasteiger partial charge >= 0.3 is 0 Å². The van der Waals surface area contributed by atoms with Crippen LogP contribution in [0.3, 0.4) is 0 Å². The van der Waals surface area contributed by atoms with Crippen LogP contribution < -0.4 is 4.74 Å². The lowest BCUT2D eigenvalue weighted by molar-refractivity contribution is 0.376. The Kier molecular flexibility index (Phi) is 5.17. The van der Waals surface area contributed by atoms with Gasteiger partial charge in [0.05, 0.1) is 7.11 Å². The van der Waals surface area contributed by atoms with E-state index in [0.29, 0.717) is 28.3 Å². The summed E-state index contributed by atoms with van der Waals surface area (Å²) in [5, 5.41) is 1.45. The molecular weight excluding hydrogens is 354 g/mol. The summed E-state index contributed by atoms with van der Waals surface area (Å²) in [4.78, 5) is 0. The zero-order valence-corrected chi connectivity index (χ0v) is 16.1. The van der Waals surface area contributed by atoms with Crippen LogP contribution in [0.15, 0.2) is 61.2 Å². The van der Waals surface area contributed by atoms with Crippen LogP contribution in [0.5, 0.6) is 5.75 Å². The average Bonchev–Trinajstić information content (AvgIpc) is 2.74. The van der Waals surface area contributed by atoms with Crippen molar-refractivity contribution >= 4 is 10.8 Å². The highest BCUT2D eigenvalue weighted by atomic mass is 19.1. The molecule has 0 spiro atoms. The molecular formula is C25H24F2O. The molecule has 0 aromatic heterocycles. The van der Waals surface area contributed by atoms with Gasteiger partial charge in [-0.25, -0.2) is 8.78 Å². The fraction of sp³-hybridized carbons (Fsp3) is 0.280. The van der Waals surface area contributed by atoms with Gasteiger partial charge in [-0.1, -0.05) is 42.5 Å². The van der Waals surface area contributed by atoms with E-state index in [0.717, 1.165) is 18.2 Å². The van der Waals surface area contributed by atoms with Crippen LogP contribution in [-0.4, -0.2) is 7.11 Å². The lowest BCUT2D eigenvalue weighted by Crippen LogP contribution is -2.11. The van der Waals surface area contributed by atoms with Crippen molar-refractivity contribution in [3.05, 3.63) is 78.4 Å². The molecule has 1 nitrogen and oxygen atoms in total. The van der Waals surface area contributed by atoms with Crippen LogP contribution in [0.1, 0.15) is 37.2 Å². The van der Waals surface area contributed by atoms with E-state index in [1.807, 2.05) is 18.2 Å². The molecule has 28 heavy (non-hydrogen) atoms. The van der Waals surface area contributed by atoms with Gasteiger partial charge < -0.3 is 4.74 Å². The van der Waals surface area contributed by atoms with Crippen molar-refractivity contribution in [2.45, 2.75) is 31.6 Å². The first-order valence-corrected chi connectivity index (χ1v) is 9.79. The van der Waals surface area contributed by atoms with Gasteiger partial charge in [0.2, 0.25) is 0 Å². The second kappa shape index (κ2) is 7.75. The van der Waals surface area contributed by atoms with E-state index >= 15 is 4.39 Å². The highest BCUT2D eigenvalue weighted by molar-refractivity contribution is 5.89. The van der Waals surface area contributed by atoms with E-state index in [2.05, 4.69) is 18.7 Å². The van der Waals surface area contributed by atoms with Crippen molar-refractivity contribution < 1.29 is 13.5 Å². The number of benzene rings is 3. The molecule has 3 aromatic carbocycles. The summed E-state index contributed by atoms with van der Waals surface area (Å²) in [6.07, 6.45) is 6.70. The van der Waals surface area contributed by atoms with Gasteiger partial charge in [0.15, 0.2) is 11.6 Å². The molecule has 1 aliphatic carbocycles. The van der Waals surface area contributed by atoms with Gasteiger partial charge in [-0.2, -0.15) is 0 Å². The van der Waals surface area contributed by atoms with Crippen molar-refractivity contribution in [3.63, 3.8) is 0 Å².